The van der Waals surface area contributed by atoms with Crippen LogP contribution in [-0.4, -0.2) is 6.26 Å². The fraction of sp³-hybridized carbons (Fsp3) is 0.111. The Morgan fingerprint density at radius 3 is 3.18 bits per heavy atom. The summed E-state index contributed by atoms with van der Waals surface area (Å²) in [6.07, 6.45) is 2.10. The van der Waals surface area contributed by atoms with Crippen LogP contribution < -0.4 is 0 Å². The second-order valence-corrected chi connectivity index (χ2v) is 4.03. The van der Waals surface area contributed by atoms with Crippen molar-refractivity contribution in [1.29, 1.82) is 0 Å². The van der Waals surface area contributed by atoms with Crippen LogP contribution in [0.4, 0.5) is 0 Å². The highest BCUT2D eigenvalue weighted by atomic mass is 32.2. The molecule has 2 heteroatoms. The van der Waals surface area contributed by atoms with Crippen molar-refractivity contribution in [3.05, 3.63) is 29.6 Å². The molecule has 0 aliphatic heterocycles. The standard InChI is InChI=1S/C9H7S2/c1-10-8-3-2-7-4-5-11-9(7)6-8/h2-4,6H,1H3. The van der Waals surface area contributed by atoms with Gasteiger partial charge in [-0.1, -0.05) is 6.07 Å². The van der Waals surface area contributed by atoms with Gasteiger partial charge >= 0.3 is 0 Å². The van der Waals surface area contributed by atoms with Gasteiger partial charge in [-0.25, -0.2) is 0 Å². The largest absolute Gasteiger partial charge is 0.134 e. The van der Waals surface area contributed by atoms with Crippen molar-refractivity contribution in [2.75, 3.05) is 6.26 Å². The summed E-state index contributed by atoms with van der Waals surface area (Å²) in [5, 5.41) is 4.42. The average Bonchev–Trinajstić information content (AvgIpc) is 2.50. The fourth-order valence-electron chi connectivity index (χ4n) is 1.01. The summed E-state index contributed by atoms with van der Waals surface area (Å²) in [7, 11) is 0. The maximum absolute atomic E-state index is 3.12. The van der Waals surface area contributed by atoms with Crippen LogP contribution in [0, 0.1) is 5.38 Å². The van der Waals surface area contributed by atoms with Gasteiger partial charge in [0.1, 0.15) is 0 Å². The molecule has 1 aromatic carbocycles. The number of thiophene rings is 1. The highest BCUT2D eigenvalue weighted by Crippen LogP contribution is 2.25. The van der Waals surface area contributed by atoms with E-state index in [4.69, 9.17) is 0 Å². The predicted molar refractivity (Wildman–Crippen MR) is 52.4 cm³/mol. The molecule has 2 rings (SSSR count). The van der Waals surface area contributed by atoms with Gasteiger partial charge in [-0.2, -0.15) is 0 Å². The third-order valence-electron chi connectivity index (χ3n) is 1.60. The maximum atomic E-state index is 3.12. The topological polar surface area (TPSA) is 0 Å². The number of hydrogen-bond acceptors (Lipinski definition) is 2. The summed E-state index contributed by atoms with van der Waals surface area (Å²) in [6.45, 7) is 0. The predicted octanol–water partition coefficient (Wildman–Crippen LogP) is 3.42. The van der Waals surface area contributed by atoms with E-state index < -0.39 is 0 Å². The molecule has 0 fully saturated rings. The van der Waals surface area contributed by atoms with E-state index in [0.717, 1.165) is 0 Å². The van der Waals surface area contributed by atoms with E-state index in [2.05, 4.69) is 29.8 Å². The number of rotatable bonds is 1. The van der Waals surface area contributed by atoms with Gasteiger partial charge in [0.15, 0.2) is 0 Å². The Balaban J connectivity index is 2.67. The maximum Gasteiger partial charge on any atom is 0.0455 e. The van der Waals surface area contributed by atoms with Gasteiger partial charge in [-0.3, -0.25) is 0 Å². The molecule has 2 aromatic rings. The first-order valence-electron chi connectivity index (χ1n) is 3.34. The minimum absolute atomic E-state index is 1.30. The fourth-order valence-corrected chi connectivity index (χ4v) is 2.26. The lowest BCUT2D eigenvalue weighted by molar-refractivity contribution is 1.53. The molecule has 1 aromatic heterocycles. The van der Waals surface area contributed by atoms with Crippen LogP contribution in [0.15, 0.2) is 29.2 Å². The Bertz CT molecular complexity index is 362. The Hall–Kier alpha value is -0.470. The van der Waals surface area contributed by atoms with E-state index in [1.165, 1.54) is 15.0 Å². The Kier molecular flexibility index (Phi) is 1.88. The van der Waals surface area contributed by atoms with Gasteiger partial charge in [-0.15, -0.1) is 23.1 Å². The quantitative estimate of drug-likeness (QED) is 0.604. The normalized spacial score (nSPS) is 10.6. The molecule has 0 aliphatic rings. The molecular weight excluding hydrogens is 172 g/mol. The Morgan fingerprint density at radius 1 is 1.45 bits per heavy atom. The van der Waals surface area contributed by atoms with Crippen molar-refractivity contribution < 1.29 is 0 Å². The van der Waals surface area contributed by atoms with Gasteiger partial charge in [0.05, 0.1) is 0 Å². The molecule has 55 valence electrons. The minimum Gasteiger partial charge on any atom is -0.134 e. The van der Waals surface area contributed by atoms with Crippen LogP contribution in [0.25, 0.3) is 10.1 Å². The Morgan fingerprint density at radius 2 is 2.36 bits per heavy atom. The molecule has 0 bridgehead atoms. The lowest BCUT2D eigenvalue weighted by Crippen LogP contribution is -1.66. The SMILES string of the molecule is CSc1ccc2c[c]sc2c1. The zero-order valence-electron chi connectivity index (χ0n) is 6.13. The lowest BCUT2D eigenvalue weighted by Gasteiger charge is -1.93. The zero-order valence-corrected chi connectivity index (χ0v) is 7.76. The van der Waals surface area contributed by atoms with Gasteiger partial charge in [0, 0.05) is 15.0 Å². The molecule has 0 saturated heterocycles. The molecule has 0 spiro atoms. The summed E-state index contributed by atoms with van der Waals surface area (Å²) in [4.78, 5) is 1.33. The Labute approximate surface area is 74.2 Å². The first kappa shape index (κ1) is 7.19. The number of thioether (sulfide) groups is 1. The highest BCUT2D eigenvalue weighted by Gasteiger charge is 1.95. The summed E-state index contributed by atoms with van der Waals surface area (Å²) >= 11 is 3.46. The van der Waals surface area contributed by atoms with Crippen molar-refractivity contribution in [3.63, 3.8) is 0 Å². The summed E-state index contributed by atoms with van der Waals surface area (Å²) in [6, 6.07) is 8.53. The van der Waals surface area contributed by atoms with Gasteiger partial charge in [0.2, 0.25) is 0 Å². The van der Waals surface area contributed by atoms with Crippen molar-refractivity contribution in [3.8, 4) is 0 Å². The zero-order chi connectivity index (χ0) is 7.68. The molecule has 0 saturated carbocycles. The van der Waals surface area contributed by atoms with Gasteiger partial charge in [-0.05, 0) is 29.8 Å². The minimum atomic E-state index is 1.30. The molecule has 1 radical (unpaired) electrons. The number of hydrogen-bond donors (Lipinski definition) is 0. The summed E-state index contributed by atoms with van der Waals surface area (Å²) in [5.74, 6) is 0. The molecule has 0 unspecified atom stereocenters. The van der Waals surface area contributed by atoms with E-state index in [1.54, 1.807) is 23.1 Å². The van der Waals surface area contributed by atoms with E-state index in [-0.39, 0.29) is 0 Å². The van der Waals surface area contributed by atoms with E-state index in [0.29, 0.717) is 0 Å². The van der Waals surface area contributed by atoms with Crippen molar-refractivity contribution in [1.82, 2.24) is 0 Å². The molecule has 0 amide bonds. The van der Waals surface area contributed by atoms with Crippen LogP contribution in [0.1, 0.15) is 0 Å². The van der Waals surface area contributed by atoms with Crippen molar-refractivity contribution in [2.45, 2.75) is 4.90 Å². The second kappa shape index (κ2) is 2.88. The molecule has 11 heavy (non-hydrogen) atoms. The monoisotopic (exact) mass is 179 g/mol. The number of fused-ring (bicyclic) bond motifs is 1. The van der Waals surface area contributed by atoms with Gasteiger partial charge < -0.3 is 0 Å². The molecule has 0 nitrogen and oxygen atoms in total. The van der Waals surface area contributed by atoms with E-state index in [9.17, 15) is 0 Å². The van der Waals surface area contributed by atoms with Gasteiger partial charge in [0.25, 0.3) is 0 Å². The lowest BCUT2D eigenvalue weighted by atomic mass is 10.3. The van der Waals surface area contributed by atoms with E-state index >= 15 is 0 Å². The third kappa shape index (κ3) is 1.28. The molecule has 0 atom stereocenters. The first-order valence-corrected chi connectivity index (χ1v) is 5.38. The van der Waals surface area contributed by atoms with Crippen LogP contribution in [0.2, 0.25) is 0 Å². The second-order valence-electron chi connectivity index (χ2n) is 2.27. The average molecular weight is 179 g/mol. The van der Waals surface area contributed by atoms with Crippen LogP contribution in [0.3, 0.4) is 0 Å². The third-order valence-corrected chi connectivity index (χ3v) is 3.14. The van der Waals surface area contributed by atoms with Crippen LogP contribution >= 0.6 is 23.1 Å². The van der Waals surface area contributed by atoms with E-state index in [1.807, 2.05) is 6.07 Å². The highest BCUT2D eigenvalue weighted by molar-refractivity contribution is 7.98. The molecule has 0 N–H and O–H groups in total. The van der Waals surface area contributed by atoms with Crippen LogP contribution in [-0.2, 0) is 0 Å². The van der Waals surface area contributed by atoms with Crippen molar-refractivity contribution in [2.24, 2.45) is 0 Å². The van der Waals surface area contributed by atoms with Crippen LogP contribution in [0.5, 0.6) is 0 Å². The molecular formula is C9H7S2. The first-order chi connectivity index (χ1) is 5.40. The van der Waals surface area contributed by atoms with Crippen molar-refractivity contribution >= 4 is 33.2 Å². The summed E-state index contributed by atoms with van der Waals surface area (Å²) in [5.41, 5.74) is 0. The summed E-state index contributed by atoms with van der Waals surface area (Å²) < 4.78 is 1.33. The molecule has 0 aliphatic carbocycles. The molecule has 1 heterocycles. The number of benzene rings is 1. The smallest absolute Gasteiger partial charge is 0.0455 e.